The van der Waals surface area contributed by atoms with Gasteiger partial charge in [-0.1, -0.05) is 0 Å². The average molecular weight is 330 g/mol. The van der Waals surface area contributed by atoms with Gasteiger partial charge in [0.05, 0.1) is 0 Å². The normalized spacial score (nSPS) is 16.5. The van der Waals surface area contributed by atoms with E-state index in [4.69, 9.17) is 27.5 Å². The standard InChI is InChI=1S/C18H18O6/c1-2-14-8-20-10-16-5-6-18(24-16)12-21-11-17-4-3-15(23-17)9-19-7-13(1)22-14/h1-6H,7-12H2. The van der Waals surface area contributed by atoms with E-state index in [0.717, 1.165) is 34.6 Å². The van der Waals surface area contributed by atoms with Gasteiger partial charge in [-0.2, -0.15) is 0 Å². The third-order valence-electron chi connectivity index (χ3n) is 3.62. The summed E-state index contributed by atoms with van der Waals surface area (Å²) in [6, 6.07) is 11.3. The Morgan fingerprint density at radius 2 is 0.583 bits per heavy atom. The van der Waals surface area contributed by atoms with Crippen LogP contribution in [0.25, 0.3) is 0 Å². The summed E-state index contributed by atoms with van der Waals surface area (Å²) in [5, 5.41) is 0. The fourth-order valence-electron chi connectivity index (χ4n) is 2.49. The molecule has 4 heterocycles. The molecule has 0 saturated heterocycles. The minimum absolute atomic E-state index is 0.383. The smallest absolute Gasteiger partial charge is 0.130 e. The van der Waals surface area contributed by atoms with Crippen LogP contribution in [0, 0.1) is 0 Å². The van der Waals surface area contributed by atoms with Crippen LogP contribution in [-0.4, -0.2) is 0 Å². The van der Waals surface area contributed by atoms with Gasteiger partial charge in [-0.15, -0.1) is 0 Å². The lowest BCUT2D eigenvalue weighted by atomic mass is 10.4. The Morgan fingerprint density at radius 3 is 0.792 bits per heavy atom. The molecular weight excluding hydrogens is 312 g/mol. The quantitative estimate of drug-likeness (QED) is 0.622. The second-order valence-electron chi connectivity index (χ2n) is 5.58. The van der Waals surface area contributed by atoms with Crippen LogP contribution in [0.4, 0.5) is 0 Å². The van der Waals surface area contributed by atoms with Crippen molar-refractivity contribution >= 4 is 0 Å². The predicted molar refractivity (Wildman–Crippen MR) is 81.6 cm³/mol. The summed E-state index contributed by atoms with van der Waals surface area (Å²) in [5.41, 5.74) is 0. The number of hydrogen-bond acceptors (Lipinski definition) is 6. The Bertz CT molecular complexity index is 620. The molecule has 3 aromatic heterocycles. The summed E-state index contributed by atoms with van der Waals surface area (Å²) in [6.07, 6.45) is 0. The molecule has 0 unspecified atom stereocenters. The Morgan fingerprint density at radius 1 is 0.375 bits per heavy atom. The second kappa shape index (κ2) is 7.09. The van der Waals surface area contributed by atoms with Crippen molar-refractivity contribution in [2.75, 3.05) is 0 Å². The number of hydrogen-bond donors (Lipinski definition) is 0. The van der Waals surface area contributed by atoms with Gasteiger partial charge in [0.15, 0.2) is 0 Å². The average Bonchev–Trinajstić information content (AvgIpc) is 3.29. The number of rotatable bonds is 0. The number of furan rings is 3. The summed E-state index contributed by atoms with van der Waals surface area (Å²) in [6.45, 7) is 2.30. The zero-order valence-electron chi connectivity index (χ0n) is 13.2. The molecule has 0 amide bonds. The van der Waals surface area contributed by atoms with Crippen molar-refractivity contribution < 1.29 is 27.5 Å². The number of ether oxygens (including phenoxy) is 3. The molecule has 24 heavy (non-hydrogen) atoms. The molecular formula is C18H18O6. The van der Waals surface area contributed by atoms with Gasteiger partial charge in [0.25, 0.3) is 0 Å². The van der Waals surface area contributed by atoms with Crippen LogP contribution in [-0.2, 0) is 53.9 Å². The van der Waals surface area contributed by atoms with Gasteiger partial charge in [-0.25, -0.2) is 0 Å². The lowest BCUT2D eigenvalue weighted by molar-refractivity contribution is 0.0525. The molecule has 0 aromatic carbocycles. The van der Waals surface area contributed by atoms with E-state index in [-0.39, 0.29) is 0 Å². The Balaban J connectivity index is 1.48. The maximum Gasteiger partial charge on any atom is 0.130 e. The van der Waals surface area contributed by atoms with Crippen molar-refractivity contribution in [2.45, 2.75) is 39.6 Å². The molecule has 126 valence electrons. The van der Waals surface area contributed by atoms with E-state index in [1.54, 1.807) is 0 Å². The summed E-state index contributed by atoms with van der Waals surface area (Å²) in [4.78, 5) is 0. The SMILES string of the molecule is c1cc2oc1COCc1ccc(o1)COCc1ccc(o1)COC2. The largest absolute Gasteiger partial charge is 0.461 e. The monoisotopic (exact) mass is 330 g/mol. The molecule has 0 saturated carbocycles. The summed E-state index contributed by atoms with van der Waals surface area (Å²) in [7, 11) is 0. The van der Waals surface area contributed by atoms with Crippen molar-refractivity contribution in [3.8, 4) is 0 Å². The van der Waals surface area contributed by atoms with Gasteiger partial charge in [-0.05, 0) is 36.4 Å². The van der Waals surface area contributed by atoms with E-state index in [1.807, 2.05) is 36.4 Å². The summed E-state index contributed by atoms with van der Waals surface area (Å²) >= 11 is 0. The predicted octanol–water partition coefficient (Wildman–Crippen LogP) is 3.93. The molecule has 3 aromatic rings. The van der Waals surface area contributed by atoms with Gasteiger partial charge >= 0.3 is 0 Å². The summed E-state index contributed by atoms with van der Waals surface area (Å²) in [5.74, 6) is 4.53. The Kier molecular flexibility index (Phi) is 4.51. The highest BCUT2D eigenvalue weighted by molar-refractivity contribution is 5.08. The molecule has 0 aliphatic carbocycles. The van der Waals surface area contributed by atoms with Crippen molar-refractivity contribution in [1.82, 2.24) is 0 Å². The van der Waals surface area contributed by atoms with Gasteiger partial charge in [0.1, 0.15) is 74.2 Å². The van der Waals surface area contributed by atoms with Crippen LogP contribution >= 0.6 is 0 Å². The minimum Gasteiger partial charge on any atom is -0.461 e. The molecule has 0 radical (unpaired) electrons. The van der Waals surface area contributed by atoms with Gasteiger partial charge < -0.3 is 27.5 Å². The van der Waals surface area contributed by atoms with Crippen molar-refractivity contribution in [1.29, 1.82) is 0 Å². The van der Waals surface area contributed by atoms with E-state index in [9.17, 15) is 0 Å². The molecule has 1 aliphatic heterocycles. The maximum absolute atomic E-state index is 5.67. The first-order valence-corrected chi connectivity index (χ1v) is 7.81. The molecule has 0 spiro atoms. The molecule has 6 bridgehead atoms. The fourth-order valence-corrected chi connectivity index (χ4v) is 2.49. The van der Waals surface area contributed by atoms with E-state index in [2.05, 4.69) is 0 Å². The lowest BCUT2D eigenvalue weighted by Gasteiger charge is -2.03. The number of fused-ring (bicyclic) bond motifs is 6. The molecule has 4 rings (SSSR count). The van der Waals surface area contributed by atoms with Crippen LogP contribution < -0.4 is 0 Å². The van der Waals surface area contributed by atoms with Crippen molar-refractivity contribution in [3.05, 3.63) is 71.0 Å². The van der Waals surface area contributed by atoms with E-state index in [0.29, 0.717) is 39.6 Å². The molecule has 6 heteroatoms. The fraction of sp³-hybridized carbons (Fsp3) is 0.333. The molecule has 0 atom stereocenters. The molecule has 0 N–H and O–H groups in total. The zero-order chi connectivity index (χ0) is 16.2. The topological polar surface area (TPSA) is 67.1 Å². The van der Waals surface area contributed by atoms with Gasteiger partial charge in [0.2, 0.25) is 0 Å². The molecule has 6 nitrogen and oxygen atoms in total. The van der Waals surface area contributed by atoms with Gasteiger partial charge in [0, 0.05) is 0 Å². The highest BCUT2D eigenvalue weighted by Gasteiger charge is 2.08. The highest BCUT2D eigenvalue weighted by atomic mass is 16.5. The maximum atomic E-state index is 5.67. The minimum atomic E-state index is 0.383. The molecule has 0 fully saturated rings. The van der Waals surface area contributed by atoms with Crippen LogP contribution in [0.15, 0.2) is 49.6 Å². The third-order valence-corrected chi connectivity index (χ3v) is 3.62. The van der Waals surface area contributed by atoms with Crippen LogP contribution in [0.5, 0.6) is 0 Å². The first-order chi connectivity index (χ1) is 11.8. The zero-order valence-corrected chi connectivity index (χ0v) is 13.2. The van der Waals surface area contributed by atoms with Crippen molar-refractivity contribution in [3.63, 3.8) is 0 Å². The van der Waals surface area contributed by atoms with Gasteiger partial charge in [-0.3, -0.25) is 0 Å². The van der Waals surface area contributed by atoms with E-state index in [1.165, 1.54) is 0 Å². The lowest BCUT2D eigenvalue weighted by Crippen LogP contribution is -1.94. The summed E-state index contributed by atoms with van der Waals surface area (Å²) < 4.78 is 33.8. The van der Waals surface area contributed by atoms with E-state index >= 15 is 0 Å². The Labute approximate surface area is 138 Å². The third kappa shape index (κ3) is 3.79. The van der Waals surface area contributed by atoms with Crippen LogP contribution in [0.3, 0.4) is 0 Å². The first kappa shape index (κ1) is 15.3. The first-order valence-electron chi connectivity index (χ1n) is 7.81. The second-order valence-corrected chi connectivity index (χ2v) is 5.58. The highest BCUT2D eigenvalue weighted by Crippen LogP contribution is 2.17. The van der Waals surface area contributed by atoms with Crippen molar-refractivity contribution in [2.24, 2.45) is 0 Å². The van der Waals surface area contributed by atoms with Crippen LogP contribution in [0.1, 0.15) is 34.6 Å². The molecule has 1 aliphatic rings. The van der Waals surface area contributed by atoms with E-state index < -0.39 is 0 Å². The van der Waals surface area contributed by atoms with Crippen LogP contribution in [0.2, 0.25) is 0 Å². The Hall–Kier alpha value is -2.28.